The second-order valence-corrected chi connectivity index (χ2v) is 11.8. The van der Waals surface area contributed by atoms with Gasteiger partial charge in [-0.1, -0.05) is 12.1 Å². The number of halogens is 4. The zero-order chi connectivity index (χ0) is 27.8. The molecule has 1 aromatic carbocycles. The zero-order valence-corrected chi connectivity index (χ0v) is 22.5. The Balaban J connectivity index is 1.43. The maximum absolute atomic E-state index is 13.4. The lowest BCUT2D eigenvalue weighted by Crippen LogP contribution is -2.65. The zero-order valence-electron chi connectivity index (χ0n) is 21.0. The van der Waals surface area contributed by atoms with Crippen LogP contribution in [-0.2, 0) is 20.4 Å². The van der Waals surface area contributed by atoms with Crippen molar-refractivity contribution in [3.63, 3.8) is 0 Å². The summed E-state index contributed by atoms with van der Waals surface area (Å²) in [6.07, 6.45) is -7.19. The summed E-state index contributed by atoms with van der Waals surface area (Å²) in [5.41, 5.74) is -0.697. The van der Waals surface area contributed by atoms with Crippen molar-refractivity contribution in [1.29, 1.82) is 0 Å². The summed E-state index contributed by atoms with van der Waals surface area (Å²) < 4.78 is 50.8. The molecule has 214 valence electrons. The number of thioether (sulfide) groups is 1. The Morgan fingerprint density at radius 1 is 1.18 bits per heavy atom. The molecule has 3 aliphatic heterocycles. The van der Waals surface area contributed by atoms with Crippen LogP contribution in [0, 0.1) is 5.92 Å². The largest absolute Gasteiger partial charge is 0.416 e. The smallest absolute Gasteiger partial charge is 0.388 e. The Labute approximate surface area is 228 Å². The van der Waals surface area contributed by atoms with E-state index in [4.69, 9.17) is 21.1 Å². The average Bonchev–Trinajstić information content (AvgIpc) is 3.15. The van der Waals surface area contributed by atoms with Crippen LogP contribution in [0.2, 0.25) is 0 Å². The van der Waals surface area contributed by atoms with E-state index in [2.05, 4.69) is 10.6 Å². The maximum Gasteiger partial charge on any atom is 0.416 e. The summed E-state index contributed by atoms with van der Waals surface area (Å²) in [6.45, 7) is 2.47. The lowest BCUT2D eigenvalue weighted by Gasteiger charge is -2.44. The number of benzene rings is 1. The molecule has 3 saturated heterocycles. The summed E-state index contributed by atoms with van der Waals surface area (Å²) in [4.78, 5) is 13.4. The summed E-state index contributed by atoms with van der Waals surface area (Å²) in [7, 11) is 0. The number of ether oxygens (including phenoxy) is 2. The number of nitrogens with one attached hydrogen (secondary N) is 2. The number of carbonyl (C=O) groups is 1. The second kappa shape index (κ2) is 12.2. The van der Waals surface area contributed by atoms with E-state index in [-0.39, 0.29) is 11.8 Å². The minimum absolute atomic E-state index is 0.00585. The Hall–Kier alpha value is -1.12. The quantitative estimate of drug-likeness (QED) is 0.322. The van der Waals surface area contributed by atoms with Crippen molar-refractivity contribution in [3.8, 4) is 0 Å². The fraction of sp³-hybridized carbons (Fsp3) is 0.720. The SMILES string of the molecule is CSC1OC([C@H](NC(=O)[C@H]2NC[C@@H]3C[C@@H](c4ccc(C(F)(F)F)cc4)CCO[C@H]32)[C@H](C)Cl)C(O)C(O)C1O. The van der Waals surface area contributed by atoms with Crippen LogP contribution in [0.25, 0.3) is 0 Å². The molecule has 11 atom stereocenters. The standard InChI is InChI=1S/C25H34ClF3N2O6S/c1-11(26)16(22-19(33)18(32)20(34)24(37-22)38-2)31-23(35)17-21-14(10-30-17)9-13(7-8-36-21)12-3-5-15(6-4-12)25(27,28)29/h3-6,11,13-14,16-22,24,30,32-34H,7-10H2,1-2H3,(H,31,35)/t11-,13-,14-,16+,17-,18?,19?,20?,21+,22?,24?/m0/s1. The van der Waals surface area contributed by atoms with Gasteiger partial charge in [-0.3, -0.25) is 4.79 Å². The fourth-order valence-electron chi connectivity index (χ4n) is 5.63. The predicted octanol–water partition coefficient (Wildman–Crippen LogP) is 1.84. The summed E-state index contributed by atoms with van der Waals surface area (Å²) in [5, 5.41) is 36.4. The molecule has 1 aromatic rings. The molecular formula is C25H34ClF3N2O6S. The third-order valence-electron chi connectivity index (χ3n) is 7.75. The average molecular weight is 583 g/mol. The van der Waals surface area contributed by atoms with Crippen LogP contribution in [-0.4, -0.2) is 94.1 Å². The lowest BCUT2D eigenvalue weighted by atomic mass is 9.85. The molecule has 38 heavy (non-hydrogen) atoms. The number of rotatable bonds is 6. The molecule has 0 bridgehead atoms. The van der Waals surface area contributed by atoms with Gasteiger partial charge in [0.1, 0.15) is 35.9 Å². The number of hydrogen-bond acceptors (Lipinski definition) is 8. The van der Waals surface area contributed by atoms with Crippen LogP contribution in [0.5, 0.6) is 0 Å². The van der Waals surface area contributed by atoms with Gasteiger partial charge in [0.05, 0.1) is 23.1 Å². The van der Waals surface area contributed by atoms with E-state index in [1.165, 1.54) is 23.9 Å². The molecule has 0 aliphatic carbocycles. The van der Waals surface area contributed by atoms with Crippen LogP contribution in [0.3, 0.4) is 0 Å². The van der Waals surface area contributed by atoms with Crippen LogP contribution in [0.15, 0.2) is 24.3 Å². The molecule has 0 aromatic heterocycles. The Bertz CT molecular complexity index is 956. The Morgan fingerprint density at radius 3 is 2.47 bits per heavy atom. The van der Waals surface area contributed by atoms with Crippen molar-refractivity contribution in [1.82, 2.24) is 10.6 Å². The minimum Gasteiger partial charge on any atom is -0.388 e. The highest BCUT2D eigenvalue weighted by molar-refractivity contribution is 7.99. The number of hydrogen-bond donors (Lipinski definition) is 5. The fourth-order valence-corrected chi connectivity index (χ4v) is 6.51. The van der Waals surface area contributed by atoms with Crippen molar-refractivity contribution in [2.75, 3.05) is 19.4 Å². The van der Waals surface area contributed by atoms with Gasteiger partial charge in [0.25, 0.3) is 0 Å². The third-order valence-corrected chi connectivity index (χ3v) is 8.87. The van der Waals surface area contributed by atoms with E-state index in [9.17, 15) is 33.3 Å². The molecule has 0 radical (unpaired) electrons. The molecule has 1 amide bonds. The molecule has 5 N–H and O–H groups in total. The van der Waals surface area contributed by atoms with E-state index < -0.39 is 71.1 Å². The minimum atomic E-state index is -4.39. The summed E-state index contributed by atoms with van der Waals surface area (Å²) >= 11 is 7.55. The van der Waals surface area contributed by atoms with Gasteiger partial charge in [-0.25, -0.2) is 0 Å². The Morgan fingerprint density at radius 2 is 1.87 bits per heavy atom. The second-order valence-electron chi connectivity index (χ2n) is 10.2. The molecule has 5 unspecified atom stereocenters. The van der Waals surface area contributed by atoms with Crippen LogP contribution < -0.4 is 10.6 Å². The van der Waals surface area contributed by atoms with Gasteiger partial charge in [0.2, 0.25) is 5.91 Å². The van der Waals surface area contributed by atoms with E-state index in [1.54, 1.807) is 13.2 Å². The van der Waals surface area contributed by atoms with E-state index in [0.29, 0.717) is 26.0 Å². The number of amides is 1. The highest BCUT2D eigenvalue weighted by atomic mass is 35.5. The molecular weight excluding hydrogens is 549 g/mol. The monoisotopic (exact) mass is 582 g/mol. The van der Waals surface area contributed by atoms with Gasteiger partial charge in [-0.2, -0.15) is 13.2 Å². The van der Waals surface area contributed by atoms with Gasteiger partial charge in [0.15, 0.2) is 0 Å². The van der Waals surface area contributed by atoms with Crippen LogP contribution >= 0.6 is 23.4 Å². The number of alkyl halides is 4. The van der Waals surface area contributed by atoms with Crippen molar-refractivity contribution in [2.45, 2.75) is 85.3 Å². The van der Waals surface area contributed by atoms with Gasteiger partial charge in [0, 0.05) is 19.1 Å². The van der Waals surface area contributed by atoms with E-state index in [1.807, 2.05) is 0 Å². The van der Waals surface area contributed by atoms with Gasteiger partial charge < -0.3 is 35.4 Å². The first-order valence-corrected chi connectivity index (χ1v) is 14.3. The highest BCUT2D eigenvalue weighted by Crippen LogP contribution is 2.38. The van der Waals surface area contributed by atoms with Gasteiger partial charge in [-0.15, -0.1) is 23.4 Å². The first-order chi connectivity index (χ1) is 17.9. The normalized spacial score (nSPS) is 37.7. The summed E-state index contributed by atoms with van der Waals surface area (Å²) in [6, 6.07) is 3.62. The Kier molecular flexibility index (Phi) is 9.56. The van der Waals surface area contributed by atoms with Crippen molar-refractivity contribution < 1.29 is 42.8 Å². The van der Waals surface area contributed by atoms with E-state index in [0.717, 1.165) is 17.7 Å². The first kappa shape index (κ1) is 29.9. The van der Waals surface area contributed by atoms with Crippen molar-refractivity contribution in [2.24, 2.45) is 5.92 Å². The predicted molar refractivity (Wildman–Crippen MR) is 136 cm³/mol. The highest BCUT2D eigenvalue weighted by Gasteiger charge is 2.49. The molecule has 0 spiro atoms. The lowest BCUT2D eigenvalue weighted by molar-refractivity contribution is -0.205. The van der Waals surface area contributed by atoms with E-state index >= 15 is 0 Å². The maximum atomic E-state index is 13.4. The number of aliphatic hydroxyl groups excluding tert-OH is 3. The molecule has 13 heteroatoms. The topological polar surface area (TPSA) is 120 Å². The number of carbonyl (C=O) groups excluding carboxylic acids is 1. The van der Waals surface area contributed by atoms with Crippen molar-refractivity contribution in [3.05, 3.63) is 35.4 Å². The number of aliphatic hydroxyl groups is 3. The summed E-state index contributed by atoms with van der Waals surface area (Å²) in [5.74, 6) is -0.449. The molecule has 0 saturated carbocycles. The van der Waals surface area contributed by atoms with Crippen LogP contribution in [0.4, 0.5) is 13.2 Å². The molecule has 3 fully saturated rings. The molecule has 8 nitrogen and oxygen atoms in total. The van der Waals surface area contributed by atoms with Crippen molar-refractivity contribution >= 4 is 29.3 Å². The number of fused-ring (bicyclic) bond motifs is 1. The molecule has 3 aliphatic rings. The van der Waals surface area contributed by atoms with Gasteiger partial charge in [-0.05, 0) is 49.6 Å². The molecule has 4 rings (SSSR count). The first-order valence-electron chi connectivity index (χ1n) is 12.6. The van der Waals surface area contributed by atoms with Gasteiger partial charge >= 0.3 is 6.18 Å². The van der Waals surface area contributed by atoms with Crippen LogP contribution in [0.1, 0.15) is 36.8 Å². The third kappa shape index (κ3) is 6.27. The molecule has 3 heterocycles.